The molecule has 0 aliphatic carbocycles. The molecule has 0 aromatic heterocycles. The van der Waals surface area contributed by atoms with Crippen molar-refractivity contribution in [3.8, 4) is 0 Å². The second kappa shape index (κ2) is 5.13. The Kier molecular flexibility index (Phi) is 4.06. The number of nitrogens with one attached hydrogen (secondary N) is 1. The predicted molar refractivity (Wildman–Crippen MR) is 50.7 cm³/mol. The molecule has 0 atom stereocenters. The number of amides is 1. The third-order valence-corrected chi connectivity index (χ3v) is 1.92. The molecule has 17 heavy (non-hydrogen) atoms. The number of halogens is 4. The molecule has 0 spiro atoms. The molecule has 1 aromatic rings. The molecule has 0 saturated carbocycles. The molecule has 0 fully saturated rings. The van der Waals surface area contributed by atoms with Gasteiger partial charge in [0, 0.05) is 5.56 Å². The zero-order valence-corrected chi connectivity index (χ0v) is 8.51. The monoisotopic (exact) mass is 251 g/mol. The van der Waals surface area contributed by atoms with Crippen LogP contribution in [0.5, 0.6) is 0 Å². The fraction of sp³-hybridized carbons (Fsp3) is 0.300. The van der Waals surface area contributed by atoms with Gasteiger partial charge in [-0.05, 0) is 18.2 Å². The lowest BCUT2D eigenvalue weighted by Crippen LogP contribution is -2.39. The van der Waals surface area contributed by atoms with Crippen LogP contribution in [0.1, 0.15) is 10.4 Å². The van der Waals surface area contributed by atoms with Crippen LogP contribution in [0, 0.1) is 11.6 Å². The Balaban J connectivity index is 2.68. The van der Waals surface area contributed by atoms with Gasteiger partial charge in [0.2, 0.25) is 0 Å². The topological polar surface area (TPSA) is 49.3 Å². The van der Waals surface area contributed by atoms with E-state index < -0.39 is 36.6 Å². The van der Waals surface area contributed by atoms with Crippen molar-refractivity contribution in [3.05, 3.63) is 35.4 Å². The predicted octanol–water partition coefficient (Wildman–Crippen LogP) is 1.32. The van der Waals surface area contributed by atoms with Gasteiger partial charge in [-0.25, -0.2) is 17.6 Å². The van der Waals surface area contributed by atoms with Crippen LogP contribution >= 0.6 is 0 Å². The first kappa shape index (κ1) is 13.4. The van der Waals surface area contributed by atoms with Crippen molar-refractivity contribution in [3.63, 3.8) is 0 Å². The molecule has 7 heteroatoms. The maximum Gasteiger partial charge on any atom is 0.287 e. The maximum atomic E-state index is 12.7. The van der Waals surface area contributed by atoms with Gasteiger partial charge in [0.1, 0.15) is 6.61 Å². The highest BCUT2D eigenvalue weighted by Crippen LogP contribution is 2.11. The molecule has 1 rings (SSSR count). The maximum absolute atomic E-state index is 12.7. The highest BCUT2D eigenvalue weighted by atomic mass is 19.3. The zero-order chi connectivity index (χ0) is 13.1. The molecule has 0 aliphatic rings. The summed E-state index contributed by atoms with van der Waals surface area (Å²) in [5, 5.41) is 10.0. The highest BCUT2D eigenvalue weighted by molar-refractivity contribution is 5.94. The molecular weight excluding hydrogens is 242 g/mol. The third kappa shape index (κ3) is 3.70. The summed E-state index contributed by atoms with van der Waals surface area (Å²) in [7, 11) is 0. The quantitative estimate of drug-likeness (QED) is 0.793. The van der Waals surface area contributed by atoms with Gasteiger partial charge in [0.25, 0.3) is 11.8 Å². The number of hydrogen-bond donors (Lipinski definition) is 2. The summed E-state index contributed by atoms with van der Waals surface area (Å²) in [4.78, 5) is 11.3. The lowest BCUT2D eigenvalue weighted by Gasteiger charge is -2.13. The number of benzene rings is 1. The summed E-state index contributed by atoms with van der Waals surface area (Å²) >= 11 is 0. The zero-order valence-electron chi connectivity index (χ0n) is 8.51. The lowest BCUT2D eigenvalue weighted by atomic mass is 10.2. The van der Waals surface area contributed by atoms with Crippen LogP contribution in [-0.2, 0) is 0 Å². The SMILES string of the molecule is O=C(NCC(F)(F)CO)c1ccc(F)c(F)c1. The van der Waals surface area contributed by atoms with E-state index in [0.29, 0.717) is 12.1 Å². The number of rotatable bonds is 4. The average molecular weight is 251 g/mol. The summed E-state index contributed by atoms with van der Waals surface area (Å²) in [6, 6.07) is 2.28. The normalized spacial score (nSPS) is 11.4. The smallest absolute Gasteiger partial charge is 0.287 e. The Morgan fingerprint density at radius 2 is 1.94 bits per heavy atom. The van der Waals surface area contributed by atoms with Crippen LogP contribution in [0.15, 0.2) is 18.2 Å². The second-order valence-corrected chi connectivity index (χ2v) is 3.33. The molecule has 3 nitrogen and oxygen atoms in total. The summed E-state index contributed by atoms with van der Waals surface area (Å²) in [5.41, 5.74) is -0.280. The number of carbonyl (C=O) groups is 1. The fourth-order valence-corrected chi connectivity index (χ4v) is 1.00. The van der Waals surface area contributed by atoms with Gasteiger partial charge in [-0.2, -0.15) is 0 Å². The molecular formula is C10H9F4NO2. The number of hydrogen-bond acceptors (Lipinski definition) is 2. The van der Waals surface area contributed by atoms with Gasteiger partial charge in [0.15, 0.2) is 11.6 Å². The van der Waals surface area contributed by atoms with Gasteiger partial charge in [-0.1, -0.05) is 0 Å². The number of aliphatic hydroxyl groups excluding tert-OH is 1. The average Bonchev–Trinajstić information content (AvgIpc) is 2.30. The highest BCUT2D eigenvalue weighted by Gasteiger charge is 2.28. The number of aliphatic hydroxyl groups is 1. The summed E-state index contributed by atoms with van der Waals surface area (Å²) in [6.45, 7) is -2.49. The van der Waals surface area contributed by atoms with Crippen molar-refractivity contribution >= 4 is 5.91 Å². The molecule has 0 heterocycles. The van der Waals surface area contributed by atoms with Crippen molar-refractivity contribution in [2.24, 2.45) is 0 Å². The van der Waals surface area contributed by atoms with Crippen LogP contribution in [0.25, 0.3) is 0 Å². The van der Waals surface area contributed by atoms with Crippen LogP contribution in [-0.4, -0.2) is 30.1 Å². The van der Waals surface area contributed by atoms with E-state index in [0.717, 1.165) is 6.07 Å². The van der Waals surface area contributed by atoms with E-state index in [9.17, 15) is 22.4 Å². The van der Waals surface area contributed by atoms with E-state index in [-0.39, 0.29) is 5.56 Å². The molecule has 2 N–H and O–H groups in total. The van der Waals surface area contributed by atoms with Crippen molar-refractivity contribution in [2.45, 2.75) is 5.92 Å². The van der Waals surface area contributed by atoms with Crippen molar-refractivity contribution < 1.29 is 27.5 Å². The summed E-state index contributed by atoms with van der Waals surface area (Å²) in [6.07, 6.45) is 0. The van der Waals surface area contributed by atoms with Gasteiger partial charge >= 0.3 is 0 Å². The first-order valence-corrected chi connectivity index (χ1v) is 4.57. The van der Waals surface area contributed by atoms with E-state index in [1.165, 1.54) is 0 Å². The van der Waals surface area contributed by atoms with Gasteiger partial charge in [-0.3, -0.25) is 4.79 Å². The van der Waals surface area contributed by atoms with Crippen molar-refractivity contribution in [1.82, 2.24) is 5.32 Å². The van der Waals surface area contributed by atoms with Gasteiger partial charge in [-0.15, -0.1) is 0 Å². The van der Waals surface area contributed by atoms with Gasteiger partial charge < -0.3 is 10.4 Å². The number of alkyl halides is 2. The Labute approximate surface area is 94.1 Å². The summed E-state index contributed by atoms with van der Waals surface area (Å²) < 4.78 is 50.4. The van der Waals surface area contributed by atoms with E-state index in [1.807, 2.05) is 0 Å². The minimum Gasteiger partial charge on any atom is -0.390 e. The largest absolute Gasteiger partial charge is 0.390 e. The molecule has 0 unspecified atom stereocenters. The van der Waals surface area contributed by atoms with Crippen LogP contribution in [0.2, 0.25) is 0 Å². The lowest BCUT2D eigenvalue weighted by molar-refractivity contribution is -0.0462. The standard InChI is InChI=1S/C10H9F4NO2/c11-7-2-1-6(3-8(7)12)9(17)15-4-10(13,14)5-16/h1-3,16H,4-5H2,(H,15,17). The molecule has 94 valence electrons. The van der Waals surface area contributed by atoms with E-state index in [1.54, 1.807) is 5.32 Å². The minimum absolute atomic E-state index is 0.280. The van der Waals surface area contributed by atoms with Crippen molar-refractivity contribution in [2.75, 3.05) is 13.2 Å². The Morgan fingerprint density at radius 1 is 1.29 bits per heavy atom. The number of carbonyl (C=O) groups excluding carboxylic acids is 1. The third-order valence-electron chi connectivity index (χ3n) is 1.92. The van der Waals surface area contributed by atoms with E-state index >= 15 is 0 Å². The van der Waals surface area contributed by atoms with E-state index in [4.69, 9.17) is 5.11 Å². The molecule has 0 saturated heterocycles. The Bertz CT molecular complexity index is 423. The van der Waals surface area contributed by atoms with Gasteiger partial charge in [0.05, 0.1) is 6.54 Å². The first-order chi connectivity index (χ1) is 7.85. The Morgan fingerprint density at radius 3 is 2.47 bits per heavy atom. The molecule has 1 aromatic carbocycles. The fourth-order valence-electron chi connectivity index (χ4n) is 1.00. The molecule has 0 bridgehead atoms. The second-order valence-electron chi connectivity index (χ2n) is 3.33. The first-order valence-electron chi connectivity index (χ1n) is 4.57. The van der Waals surface area contributed by atoms with Crippen molar-refractivity contribution in [1.29, 1.82) is 0 Å². The molecule has 0 aliphatic heterocycles. The Hall–Kier alpha value is -1.63. The minimum atomic E-state index is -3.45. The summed E-state index contributed by atoms with van der Waals surface area (Å²) in [5.74, 6) is -6.81. The van der Waals surface area contributed by atoms with Crippen LogP contribution in [0.4, 0.5) is 17.6 Å². The molecule has 1 amide bonds. The van der Waals surface area contributed by atoms with Crippen LogP contribution in [0.3, 0.4) is 0 Å². The van der Waals surface area contributed by atoms with E-state index in [2.05, 4.69) is 0 Å². The molecule has 0 radical (unpaired) electrons. The van der Waals surface area contributed by atoms with Crippen LogP contribution < -0.4 is 5.32 Å².